The van der Waals surface area contributed by atoms with Crippen molar-refractivity contribution in [2.45, 2.75) is 70.0 Å². The highest BCUT2D eigenvalue weighted by atomic mass is 15.2. The van der Waals surface area contributed by atoms with E-state index in [4.69, 9.17) is 0 Å². The molecule has 2 aliphatic rings. The van der Waals surface area contributed by atoms with Gasteiger partial charge in [0.2, 0.25) is 0 Å². The van der Waals surface area contributed by atoms with Crippen molar-refractivity contribution in [3.05, 3.63) is 0 Å². The maximum atomic E-state index is 9.45. The first-order chi connectivity index (χ1) is 8.15. The summed E-state index contributed by atoms with van der Waals surface area (Å²) in [5.74, 6) is 0. The van der Waals surface area contributed by atoms with Gasteiger partial charge in [-0.05, 0) is 59.0 Å². The van der Waals surface area contributed by atoms with Gasteiger partial charge in [-0.2, -0.15) is 5.26 Å². The Labute approximate surface area is 105 Å². The molecular formula is C14H25N3. The molecule has 96 valence electrons. The van der Waals surface area contributed by atoms with E-state index < -0.39 is 0 Å². The highest BCUT2D eigenvalue weighted by Gasteiger charge is 2.41. The van der Waals surface area contributed by atoms with Crippen LogP contribution in [0.25, 0.3) is 0 Å². The minimum atomic E-state index is -0.254. The van der Waals surface area contributed by atoms with Gasteiger partial charge in [0.1, 0.15) is 5.54 Å². The van der Waals surface area contributed by atoms with Crippen molar-refractivity contribution in [2.75, 3.05) is 13.1 Å². The zero-order valence-electron chi connectivity index (χ0n) is 11.2. The second-order valence-corrected chi connectivity index (χ2v) is 5.99. The topological polar surface area (TPSA) is 39.1 Å². The van der Waals surface area contributed by atoms with E-state index in [0.717, 1.165) is 12.8 Å². The normalized spacial score (nSPS) is 35.1. The quantitative estimate of drug-likeness (QED) is 0.815. The van der Waals surface area contributed by atoms with Crippen molar-refractivity contribution in [3.8, 4) is 6.07 Å². The first-order valence-corrected chi connectivity index (χ1v) is 7.08. The number of hydrogen-bond acceptors (Lipinski definition) is 3. The first kappa shape index (κ1) is 12.9. The van der Waals surface area contributed by atoms with Gasteiger partial charge in [-0.3, -0.25) is 5.32 Å². The number of hydrogen-bond donors (Lipinski definition) is 1. The van der Waals surface area contributed by atoms with Gasteiger partial charge in [-0.25, -0.2) is 0 Å². The number of piperidine rings is 1. The molecule has 1 N–H and O–H groups in total. The van der Waals surface area contributed by atoms with Crippen molar-refractivity contribution >= 4 is 0 Å². The molecule has 3 nitrogen and oxygen atoms in total. The molecule has 2 rings (SSSR count). The summed E-state index contributed by atoms with van der Waals surface area (Å²) in [7, 11) is 0. The summed E-state index contributed by atoms with van der Waals surface area (Å²) in [6, 6.07) is 3.58. The van der Waals surface area contributed by atoms with Gasteiger partial charge in [0.25, 0.3) is 0 Å². The van der Waals surface area contributed by atoms with Crippen LogP contribution in [0.3, 0.4) is 0 Å². The van der Waals surface area contributed by atoms with Crippen LogP contribution in [0.5, 0.6) is 0 Å². The molecule has 0 radical (unpaired) electrons. The average molecular weight is 235 g/mol. The summed E-state index contributed by atoms with van der Waals surface area (Å²) >= 11 is 0. The summed E-state index contributed by atoms with van der Waals surface area (Å²) < 4.78 is 0. The maximum Gasteiger partial charge on any atom is 0.108 e. The fourth-order valence-corrected chi connectivity index (χ4v) is 3.43. The van der Waals surface area contributed by atoms with Crippen LogP contribution < -0.4 is 5.32 Å². The monoisotopic (exact) mass is 235 g/mol. The lowest BCUT2D eigenvalue weighted by Crippen LogP contribution is -2.47. The number of rotatable bonds is 3. The van der Waals surface area contributed by atoms with E-state index in [0.29, 0.717) is 12.1 Å². The molecule has 1 aliphatic carbocycles. The van der Waals surface area contributed by atoms with Crippen LogP contribution in [-0.4, -0.2) is 35.6 Å². The van der Waals surface area contributed by atoms with Crippen molar-refractivity contribution in [2.24, 2.45) is 0 Å². The molecule has 1 heterocycles. The number of likely N-dealkylation sites (tertiary alicyclic amines) is 1. The van der Waals surface area contributed by atoms with E-state index >= 15 is 0 Å². The fourth-order valence-electron chi connectivity index (χ4n) is 3.43. The predicted molar refractivity (Wildman–Crippen MR) is 69.7 cm³/mol. The van der Waals surface area contributed by atoms with Gasteiger partial charge < -0.3 is 4.90 Å². The van der Waals surface area contributed by atoms with E-state index in [1.54, 1.807) is 0 Å². The summed E-state index contributed by atoms with van der Waals surface area (Å²) in [6.07, 6.45) is 7.29. The van der Waals surface area contributed by atoms with E-state index in [1.165, 1.54) is 38.8 Å². The molecule has 2 fully saturated rings. The van der Waals surface area contributed by atoms with Crippen molar-refractivity contribution in [1.29, 1.82) is 5.26 Å². The Morgan fingerprint density at radius 3 is 2.59 bits per heavy atom. The van der Waals surface area contributed by atoms with E-state index in [1.807, 2.05) is 0 Å². The summed E-state index contributed by atoms with van der Waals surface area (Å²) in [5.41, 5.74) is -0.254. The van der Waals surface area contributed by atoms with E-state index in [9.17, 15) is 5.26 Å². The van der Waals surface area contributed by atoms with Crippen LogP contribution >= 0.6 is 0 Å². The summed E-state index contributed by atoms with van der Waals surface area (Å²) in [5, 5.41) is 12.9. The predicted octanol–water partition coefficient (Wildman–Crippen LogP) is 2.29. The standard InChI is InChI=1S/C14H25N3/c1-12(2)16-14(11-15)7-6-13(10-14)17-8-4-3-5-9-17/h12-13,16H,3-10H2,1-2H3. The Hall–Kier alpha value is -0.590. The first-order valence-electron chi connectivity index (χ1n) is 7.08. The lowest BCUT2D eigenvalue weighted by atomic mass is 9.97. The second kappa shape index (κ2) is 5.37. The lowest BCUT2D eigenvalue weighted by Gasteiger charge is -2.33. The average Bonchev–Trinajstić information content (AvgIpc) is 2.74. The van der Waals surface area contributed by atoms with Gasteiger partial charge in [0.05, 0.1) is 6.07 Å². The molecule has 0 bridgehead atoms. The van der Waals surface area contributed by atoms with Crippen molar-refractivity contribution in [1.82, 2.24) is 10.2 Å². The Morgan fingerprint density at radius 2 is 2.00 bits per heavy atom. The smallest absolute Gasteiger partial charge is 0.108 e. The second-order valence-electron chi connectivity index (χ2n) is 5.99. The third-order valence-corrected chi connectivity index (χ3v) is 4.17. The maximum absolute atomic E-state index is 9.45. The minimum Gasteiger partial charge on any atom is -0.300 e. The lowest BCUT2D eigenvalue weighted by molar-refractivity contribution is 0.160. The molecule has 2 atom stereocenters. The SMILES string of the molecule is CC(C)NC1(C#N)CCC(N2CCCCC2)C1. The zero-order valence-corrected chi connectivity index (χ0v) is 11.2. The van der Waals surface area contributed by atoms with Gasteiger partial charge in [0, 0.05) is 12.1 Å². The van der Waals surface area contributed by atoms with Crippen LogP contribution in [-0.2, 0) is 0 Å². The largest absolute Gasteiger partial charge is 0.300 e. The molecular weight excluding hydrogens is 210 g/mol. The Balaban J connectivity index is 1.94. The summed E-state index contributed by atoms with van der Waals surface area (Å²) in [4.78, 5) is 2.62. The molecule has 0 aromatic carbocycles. The van der Waals surface area contributed by atoms with E-state index in [2.05, 4.69) is 30.1 Å². The Bertz CT molecular complexity index is 288. The Kier molecular flexibility index (Phi) is 4.06. The Morgan fingerprint density at radius 1 is 1.29 bits per heavy atom. The third kappa shape index (κ3) is 3.00. The van der Waals surface area contributed by atoms with Crippen LogP contribution in [0.15, 0.2) is 0 Å². The number of nitrogens with one attached hydrogen (secondary N) is 1. The molecule has 17 heavy (non-hydrogen) atoms. The van der Waals surface area contributed by atoms with Crippen LogP contribution in [0.4, 0.5) is 0 Å². The molecule has 2 unspecified atom stereocenters. The highest BCUT2D eigenvalue weighted by Crippen LogP contribution is 2.34. The number of nitriles is 1. The third-order valence-electron chi connectivity index (χ3n) is 4.17. The minimum absolute atomic E-state index is 0.254. The summed E-state index contributed by atoms with van der Waals surface area (Å²) in [6.45, 7) is 6.75. The van der Waals surface area contributed by atoms with E-state index in [-0.39, 0.29) is 5.54 Å². The molecule has 0 aromatic heterocycles. The molecule has 1 saturated heterocycles. The van der Waals surface area contributed by atoms with Crippen LogP contribution in [0.1, 0.15) is 52.4 Å². The molecule has 1 aliphatic heterocycles. The van der Waals surface area contributed by atoms with Crippen molar-refractivity contribution in [3.63, 3.8) is 0 Å². The fraction of sp³-hybridized carbons (Fsp3) is 0.929. The van der Waals surface area contributed by atoms with Gasteiger partial charge >= 0.3 is 0 Å². The van der Waals surface area contributed by atoms with Gasteiger partial charge in [0.15, 0.2) is 0 Å². The molecule has 3 heteroatoms. The van der Waals surface area contributed by atoms with Crippen molar-refractivity contribution < 1.29 is 0 Å². The molecule has 0 aromatic rings. The van der Waals surface area contributed by atoms with Crippen LogP contribution in [0.2, 0.25) is 0 Å². The highest BCUT2D eigenvalue weighted by molar-refractivity contribution is 5.14. The number of nitrogens with zero attached hydrogens (tertiary/aromatic N) is 2. The molecule has 0 amide bonds. The molecule has 1 saturated carbocycles. The van der Waals surface area contributed by atoms with Gasteiger partial charge in [-0.1, -0.05) is 6.42 Å². The molecule has 0 spiro atoms. The zero-order chi connectivity index (χ0) is 12.3. The van der Waals surface area contributed by atoms with Crippen LogP contribution in [0, 0.1) is 11.3 Å². The van der Waals surface area contributed by atoms with Gasteiger partial charge in [-0.15, -0.1) is 0 Å².